The number of carbonyl (C=O) groups excluding carboxylic acids is 1. The molecule has 2 aromatic carbocycles. The van der Waals surface area contributed by atoms with Crippen LogP contribution in [-0.4, -0.2) is 5.78 Å². The van der Waals surface area contributed by atoms with Gasteiger partial charge in [-0.15, -0.1) is 11.8 Å². The molecular weight excluding hydrogens is 300 g/mol. The highest BCUT2D eigenvalue weighted by molar-refractivity contribution is 7.98. The SMILES string of the molecule is CC(C)CC(=O)c1ccc(SCc2cccc(Cl)c2)cc1. The minimum absolute atomic E-state index is 0.219. The van der Waals surface area contributed by atoms with E-state index in [9.17, 15) is 4.79 Å². The van der Waals surface area contributed by atoms with Crippen molar-refractivity contribution in [3.8, 4) is 0 Å². The van der Waals surface area contributed by atoms with E-state index in [2.05, 4.69) is 19.9 Å². The Morgan fingerprint density at radius 2 is 1.86 bits per heavy atom. The van der Waals surface area contributed by atoms with E-state index in [-0.39, 0.29) is 5.78 Å². The molecule has 3 heteroatoms. The summed E-state index contributed by atoms with van der Waals surface area (Å²) < 4.78 is 0. The normalized spacial score (nSPS) is 10.9. The monoisotopic (exact) mass is 318 g/mol. The van der Waals surface area contributed by atoms with Crippen molar-refractivity contribution < 1.29 is 4.79 Å². The zero-order chi connectivity index (χ0) is 15.2. The van der Waals surface area contributed by atoms with Gasteiger partial charge in [0.1, 0.15) is 0 Å². The lowest BCUT2D eigenvalue weighted by atomic mass is 10.0. The lowest BCUT2D eigenvalue weighted by Gasteiger charge is -2.06. The molecule has 0 aliphatic carbocycles. The maximum atomic E-state index is 12.0. The van der Waals surface area contributed by atoms with Gasteiger partial charge in [-0.2, -0.15) is 0 Å². The summed E-state index contributed by atoms with van der Waals surface area (Å²) in [6.45, 7) is 4.13. The van der Waals surface area contributed by atoms with E-state index >= 15 is 0 Å². The topological polar surface area (TPSA) is 17.1 Å². The molecule has 110 valence electrons. The maximum absolute atomic E-state index is 12.0. The van der Waals surface area contributed by atoms with Crippen molar-refractivity contribution in [2.75, 3.05) is 0 Å². The molecule has 0 bridgehead atoms. The van der Waals surface area contributed by atoms with Gasteiger partial charge in [-0.1, -0.05) is 49.7 Å². The van der Waals surface area contributed by atoms with Gasteiger partial charge in [-0.25, -0.2) is 0 Å². The Kier molecular flexibility index (Phi) is 5.89. The van der Waals surface area contributed by atoms with Crippen LogP contribution in [0.15, 0.2) is 53.4 Å². The van der Waals surface area contributed by atoms with E-state index < -0.39 is 0 Å². The summed E-state index contributed by atoms with van der Waals surface area (Å²) in [5, 5.41) is 0.766. The Morgan fingerprint density at radius 1 is 1.14 bits per heavy atom. The van der Waals surface area contributed by atoms with E-state index in [0.29, 0.717) is 12.3 Å². The van der Waals surface area contributed by atoms with Crippen molar-refractivity contribution in [3.63, 3.8) is 0 Å². The molecule has 0 saturated carbocycles. The number of rotatable bonds is 6. The van der Waals surface area contributed by atoms with Crippen LogP contribution in [0.3, 0.4) is 0 Å². The molecule has 0 saturated heterocycles. The van der Waals surface area contributed by atoms with E-state index in [1.165, 1.54) is 5.56 Å². The second-order valence-corrected chi connectivity index (χ2v) is 6.95. The van der Waals surface area contributed by atoms with Crippen LogP contribution in [0, 0.1) is 5.92 Å². The fraction of sp³-hybridized carbons (Fsp3) is 0.278. The number of halogens is 1. The number of carbonyl (C=O) groups is 1. The third-order valence-electron chi connectivity index (χ3n) is 3.06. The van der Waals surface area contributed by atoms with Crippen molar-refractivity contribution in [1.82, 2.24) is 0 Å². The minimum Gasteiger partial charge on any atom is -0.294 e. The average Bonchev–Trinajstić information content (AvgIpc) is 2.45. The Labute approximate surface area is 135 Å². The Hall–Kier alpha value is -1.25. The van der Waals surface area contributed by atoms with Crippen LogP contribution in [0.1, 0.15) is 36.2 Å². The van der Waals surface area contributed by atoms with Gasteiger partial charge in [0.2, 0.25) is 0 Å². The Balaban J connectivity index is 1.95. The molecule has 0 amide bonds. The summed E-state index contributed by atoms with van der Waals surface area (Å²) in [5.74, 6) is 1.49. The lowest BCUT2D eigenvalue weighted by molar-refractivity contribution is 0.0968. The van der Waals surface area contributed by atoms with Crippen molar-refractivity contribution in [3.05, 3.63) is 64.7 Å². The molecule has 0 heterocycles. The van der Waals surface area contributed by atoms with Crippen LogP contribution in [-0.2, 0) is 5.75 Å². The van der Waals surface area contributed by atoms with Gasteiger partial charge in [0.15, 0.2) is 5.78 Å². The molecule has 0 fully saturated rings. The number of hydrogen-bond acceptors (Lipinski definition) is 2. The van der Waals surface area contributed by atoms with Crippen LogP contribution in [0.5, 0.6) is 0 Å². The summed E-state index contributed by atoms with van der Waals surface area (Å²) in [6.07, 6.45) is 0.606. The van der Waals surface area contributed by atoms with Crippen LogP contribution < -0.4 is 0 Å². The summed E-state index contributed by atoms with van der Waals surface area (Å²) >= 11 is 7.72. The largest absolute Gasteiger partial charge is 0.294 e. The van der Waals surface area contributed by atoms with Crippen molar-refractivity contribution >= 4 is 29.1 Å². The number of ketones is 1. The average molecular weight is 319 g/mol. The van der Waals surface area contributed by atoms with Crippen molar-refractivity contribution in [2.45, 2.75) is 30.9 Å². The zero-order valence-electron chi connectivity index (χ0n) is 12.3. The van der Waals surface area contributed by atoms with E-state index in [1.54, 1.807) is 11.8 Å². The molecule has 0 aromatic heterocycles. The molecule has 2 rings (SSSR count). The quantitative estimate of drug-likeness (QED) is 0.490. The molecule has 21 heavy (non-hydrogen) atoms. The van der Waals surface area contributed by atoms with E-state index in [1.807, 2.05) is 42.5 Å². The highest BCUT2D eigenvalue weighted by atomic mass is 35.5. The smallest absolute Gasteiger partial charge is 0.163 e. The van der Waals surface area contributed by atoms with Gasteiger partial charge in [0.05, 0.1) is 0 Å². The predicted octanol–water partition coefficient (Wildman–Crippen LogP) is 5.86. The Bertz CT molecular complexity index is 605. The molecule has 0 aliphatic rings. The van der Waals surface area contributed by atoms with Gasteiger partial charge in [-0.05, 0) is 35.7 Å². The van der Waals surface area contributed by atoms with Crippen LogP contribution in [0.2, 0.25) is 5.02 Å². The third kappa shape index (κ3) is 5.22. The second-order valence-electron chi connectivity index (χ2n) is 5.46. The number of Topliss-reactive ketones (excluding diaryl/α,β-unsaturated/α-hetero) is 1. The zero-order valence-corrected chi connectivity index (χ0v) is 13.9. The van der Waals surface area contributed by atoms with Gasteiger partial charge >= 0.3 is 0 Å². The van der Waals surface area contributed by atoms with Gasteiger partial charge < -0.3 is 0 Å². The fourth-order valence-electron chi connectivity index (χ4n) is 2.02. The number of benzene rings is 2. The van der Waals surface area contributed by atoms with Crippen molar-refractivity contribution in [1.29, 1.82) is 0 Å². The van der Waals surface area contributed by atoms with Crippen LogP contribution in [0.25, 0.3) is 0 Å². The molecule has 0 spiro atoms. The first-order valence-corrected chi connectivity index (χ1v) is 8.41. The molecule has 0 unspecified atom stereocenters. The van der Waals surface area contributed by atoms with Gasteiger partial charge in [0, 0.05) is 27.7 Å². The first-order chi connectivity index (χ1) is 10.0. The lowest BCUT2D eigenvalue weighted by Crippen LogP contribution is -2.03. The standard InChI is InChI=1S/C18H19ClOS/c1-13(2)10-18(20)15-6-8-17(9-7-15)21-12-14-4-3-5-16(19)11-14/h3-9,11,13H,10,12H2,1-2H3. The molecule has 0 radical (unpaired) electrons. The predicted molar refractivity (Wildman–Crippen MR) is 91.2 cm³/mol. The molecular formula is C18H19ClOS. The van der Waals surface area contributed by atoms with Crippen LogP contribution >= 0.6 is 23.4 Å². The van der Waals surface area contributed by atoms with Gasteiger partial charge in [0.25, 0.3) is 0 Å². The van der Waals surface area contributed by atoms with Crippen molar-refractivity contribution in [2.24, 2.45) is 5.92 Å². The highest BCUT2D eigenvalue weighted by Gasteiger charge is 2.08. The maximum Gasteiger partial charge on any atom is 0.163 e. The number of hydrogen-bond donors (Lipinski definition) is 0. The van der Waals surface area contributed by atoms with E-state index in [4.69, 9.17) is 11.6 Å². The molecule has 2 aromatic rings. The first kappa shape index (κ1) is 16.1. The van der Waals surface area contributed by atoms with Gasteiger partial charge in [-0.3, -0.25) is 4.79 Å². The minimum atomic E-state index is 0.219. The summed E-state index contributed by atoms with van der Waals surface area (Å²) in [6, 6.07) is 15.8. The summed E-state index contributed by atoms with van der Waals surface area (Å²) in [4.78, 5) is 13.1. The highest BCUT2D eigenvalue weighted by Crippen LogP contribution is 2.24. The molecule has 0 atom stereocenters. The fourth-order valence-corrected chi connectivity index (χ4v) is 3.07. The van der Waals surface area contributed by atoms with E-state index in [0.717, 1.165) is 21.2 Å². The first-order valence-electron chi connectivity index (χ1n) is 7.05. The third-order valence-corrected chi connectivity index (χ3v) is 4.38. The molecule has 0 aliphatic heterocycles. The molecule has 0 N–H and O–H groups in total. The summed E-state index contributed by atoms with van der Waals surface area (Å²) in [5.41, 5.74) is 2.00. The molecule has 1 nitrogen and oxygen atoms in total. The Morgan fingerprint density at radius 3 is 2.48 bits per heavy atom. The van der Waals surface area contributed by atoms with Crippen LogP contribution in [0.4, 0.5) is 0 Å². The summed E-state index contributed by atoms with van der Waals surface area (Å²) in [7, 11) is 0. The number of thioether (sulfide) groups is 1. The second kappa shape index (κ2) is 7.67.